The molecule has 1 unspecified atom stereocenters. The second-order valence-electron chi connectivity index (χ2n) is 3.65. The van der Waals surface area contributed by atoms with Gasteiger partial charge in [-0.1, -0.05) is 39.5 Å². The summed E-state index contributed by atoms with van der Waals surface area (Å²) in [5.41, 5.74) is 4.89. The Bertz CT molecular complexity index is 227. The summed E-state index contributed by atoms with van der Waals surface area (Å²) in [6, 6.07) is 0. The number of rotatable bonds is 9. The van der Waals surface area contributed by atoms with Gasteiger partial charge in [-0.05, 0) is 12.8 Å². The summed E-state index contributed by atoms with van der Waals surface area (Å²) < 4.78 is 0. The number of hydrogen-bond donors (Lipinski definition) is 4. The number of thiol groups is 1. The van der Waals surface area contributed by atoms with Crippen LogP contribution in [0.15, 0.2) is 0 Å². The summed E-state index contributed by atoms with van der Waals surface area (Å²) in [6.45, 7) is 3.39. The van der Waals surface area contributed by atoms with E-state index in [0.717, 1.165) is 19.3 Å². The van der Waals surface area contributed by atoms with Crippen LogP contribution in [0.3, 0.4) is 0 Å². The van der Waals surface area contributed by atoms with E-state index in [1.165, 1.54) is 0 Å². The van der Waals surface area contributed by atoms with Crippen LogP contribution >= 0.6 is 12.8 Å². The lowest BCUT2D eigenvalue weighted by Gasteiger charge is -2.10. The van der Waals surface area contributed by atoms with Crippen LogP contribution in [-0.2, 0) is 14.4 Å². The molecule has 0 aromatic heterocycles. The number of amides is 1. The molecular weight excluding hydrogens is 256 g/mol. The Morgan fingerprint density at radius 1 is 1.39 bits per heavy atom. The standard InChI is InChI=1S/C6H13NO.C5H11NO3S/c1-2-3-4-5-6(7)8;1-2-5(9-6-10)4(8)3-7/h2-5H2,1H3,(H2,7,8);5-7,10H,2-3H2,1H3. The first-order chi connectivity index (χ1) is 8.53. The van der Waals surface area contributed by atoms with Gasteiger partial charge in [0.1, 0.15) is 12.7 Å². The fourth-order valence-corrected chi connectivity index (χ4v) is 1.22. The van der Waals surface area contributed by atoms with Gasteiger partial charge in [0, 0.05) is 6.42 Å². The van der Waals surface area contributed by atoms with Crippen molar-refractivity contribution in [3.8, 4) is 0 Å². The molecule has 18 heavy (non-hydrogen) atoms. The highest BCUT2D eigenvalue weighted by molar-refractivity contribution is 7.77. The smallest absolute Gasteiger partial charge is 0.217 e. The summed E-state index contributed by atoms with van der Waals surface area (Å²) in [7, 11) is 0. The molecule has 0 saturated heterocycles. The second kappa shape index (κ2) is 14.4. The van der Waals surface area contributed by atoms with Crippen molar-refractivity contribution in [3.63, 3.8) is 0 Å². The van der Waals surface area contributed by atoms with Gasteiger partial charge in [-0.15, -0.1) is 4.89 Å². The van der Waals surface area contributed by atoms with E-state index in [4.69, 9.17) is 10.8 Å². The number of nitrogens with one attached hydrogen (secondary N) is 1. The summed E-state index contributed by atoms with van der Waals surface area (Å²) in [5.74, 6) is -0.525. The van der Waals surface area contributed by atoms with E-state index in [9.17, 15) is 9.59 Å². The van der Waals surface area contributed by atoms with E-state index in [0.29, 0.717) is 12.8 Å². The van der Waals surface area contributed by atoms with Crippen LogP contribution in [0.4, 0.5) is 0 Å². The quantitative estimate of drug-likeness (QED) is 0.283. The highest BCUT2D eigenvalue weighted by Gasteiger charge is 2.14. The molecule has 6 nitrogen and oxygen atoms in total. The number of aliphatic hydroxyl groups is 1. The summed E-state index contributed by atoms with van der Waals surface area (Å²) in [6.07, 6.45) is 3.69. The summed E-state index contributed by atoms with van der Waals surface area (Å²) in [4.78, 5) is 27.5. The molecule has 0 aromatic rings. The second-order valence-corrected chi connectivity index (χ2v) is 3.84. The van der Waals surface area contributed by atoms with Gasteiger partial charge in [0.25, 0.3) is 0 Å². The minimum Gasteiger partial charge on any atom is -0.388 e. The predicted molar refractivity (Wildman–Crippen MR) is 72.7 cm³/mol. The maximum absolute atomic E-state index is 10.7. The van der Waals surface area contributed by atoms with Crippen molar-refractivity contribution < 1.29 is 19.5 Å². The number of carbonyl (C=O) groups is 2. The van der Waals surface area contributed by atoms with Gasteiger partial charge in [0.05, 0.1) is 0 Å². The van der Waals surface area contributed by atoms with Crippen LogP contribution in [0.25, 0.3) is 0 Å². The Balaban J connectivity index is 0. The van der Waals surface area contributed by atoms with Crippen LogP contribution in [-0.4, -0.2) is 29.5 Å². The van der Waals surface area contributed by atoms with E-state index in [-0.39, 0.29) is 11.7 Å². The number of Topliss-reactive ketones (excluding diaryl/α,β-unsaturated/α-hetero) is 1. The van der Waals surface area contributed by atoms with Crippen molar-refractivity contribution in [1.29, 1.82) is 0 Å². The maximum Gasteiger partial charge on any atom is 0.217 e. The molecule has 0 heterocycles. The van der Waals surface area contributed by atoms with Gasteiger partial charge >= 0.3 is 0 Å². The molecular formula is C11H24N2O4S. The van der Waals surface area contributed by atoms with Crippen molar-refractivity contribution >= 4 is 24.5 Å². The third-order valence-electron chi connectivity index (χ3n) is 2.11. The van der Waals surface area contributed by atoms with Gasteiger partial charge in [-0.2, -0.15) is 0 Å². The van der Waals surface area contributed by atoms with Gasteiger partial charge < -0.3 is 10.8 Å². The molecule has 0 aliphatic rings. The van der Waals surface area contributed by atoms with Crippen LogP contribution < -0.4 is 10.6 Å². The number of unbranched alkanes of at least 4 members (excludes halogenated alkanes) is 2. The molecule has 7 heteroatoms. The summed E-state index contributed by atoms with van der Waals surface area (Å²) in [5, 5.41) is 8.38. The minimum atomic E-state index is -0.595. The number of carbonyl (C=O) groups excluding carboxylic acids is 2. The first kappa shape index (κ1) is 19.7. The van der Waals surface area contributed by atoms with Gasteiger partial charge in [0.15, 0.2) is 5.78 Å². The molecule has 0 aliphatic carbocycles. The number of aliphatic hydroxyl groups excluding tert-OH is 1. The molecule has 0 rings (SSSR count). The Kier molecular flexibility index (Phi) is 15.8. The molecule has 1 amide bonds. The van der Waals surface area contributed by atoms with Gasteiger partial charge in [-0.25, -0.2) is 0 Å². The Hall–Kier alpha value is -0.630. The third kappa shape index (κ3) is 13.4. The number of ketones is 1. The minimum absolute atomic E-state index is 0.182. The van der Waals surface area contributed by atoms with Crippen molar-refractivity contribution in [2.24, 2.45) is 5.73 Å². The molecule has 108 valence electrons. The Morgan fingerprint density at radius 3 is 2.33 bits per heavy atom. The Morgan fingerprint density at radius 2 is 2.00 bits per heavy atom. The van der Waals surface area contributed by atoms with Gasteiger partial charge in [0.2, 0.25) is 5.91 Å². The molecule has 0 radical (unpaired) electrons. The molecule has 0 spiro atoms. The number of nitrogens with two attached hydrogens (primary N) is 1. The molecule has 4 N–H and O–H groups in total. The first-order valence-electron chi connectivity index (χ1n) is 5.99. The largest absolute Gasteiger partial charge is 0.388 e. The highest BCUT2D eigenvalue weighted by atomic mass is 32.1. The van der Waals surface area contributed by atoms with Crippen molar-refractivity contribution in [2.45, 2.75) is 52.1 Å². The SMILES string of the molecule is CCC(ONS)C(=O)CO.CCCCCC(N)=O. The molecule has 0 fully saturated rings. The normalized spacial score (nSPS) is 11.3. The number of hydrogen-bond acceptors (Lipinski definition) is 6. The van der Waals surface area contributed by atoms with E-state index in [2.05, 4.69) is 29.5 Å². The zero-order chi connectivity index (χ0) is 14.4. The first-order valence-corrected chi connectivity index (χ1v) is 6.44. The lowest BCUT2D eigenvalue weighted by atomic mass is 10.2. The Labute approximate surface area is 114 Å². The van der Waals surface area contributed by atoms with Gasteiger partial charge in [-0.3, -0.25) is 14.4 Å². The lowest BCUT2D eigenvalue weighted by Crippen LogP contribution is -2.29. The van der Waals surface area contributed by atoms with E-state index in [1.807, 2.05) is 0 Å². The fourth-order valence-electron chi connectivity index (χ4n) is 1.09. The molecule has 0 saturated carbocycles. The molecule has 0 aliphatic heterocycles. The van der Waals surface area contributed by atoms with E-state index < -0.39 is 12.7 Å². The predicted octanol–water partition coefficient (Wildman–Crippen LogP) is 0.744. The van der Waals surface area contributed by atoms with Crippen molar-refractivity contribution in [2.75, 3.05) is 6.61 Å². The zero-order valence-corrected chi connectivity index (χ0v) is 11.9. The summed E-state index contributed by atoms with van der Waals surface area (Å²) >= 11 is 3.54. The van der Waals surface area contributed by atoms with E-state index >= 15 is 0 Å². The van der Waals surface area contributed by atoms with Crippen molar-refractivity contribution in [3.05, 3.63) is 0 Å². The van der Waals surface area contributed by atoms with Crippen LogP contribution in [0, 0.1) is 0 Å². The maximum atomic E-state index is 10.7. The highest BCUT2D eigenvalue weighted by Crippen LogP contribution is 1.97. The molecule has 1 atom stereocenters. The van der Waals surface area contributed by atoms with Crippen LogP contribution in [0.5, 0.6) is 0 Å². The average molecular weight is 280 g/mol. The van der Waals surface area contributed by atoms with Crippen molar-refractivity contribution in [1.82, 2.24) is 4.89 Å². The zero-order valence-electron chi connectivity index (χ0n) is 11.0. The lowest BCUT2D eigenvalue weighted by molar-refractivity contribution is -0.135. The van der Waals surface area contributed by atoms with E-state index in [1.54, 1.807) is 6.92 Å². The third-order valence-corrected chi connectivity index (χ3v) is 2.21. The average Bonchev–Trinajstić information content (AvgIpc) is 2.35. The van der Waals surface area contributed by atoms with Crippen LogP contribution in [0.2, 0.25) is 0 Å². The molecule has 0 aromatic carbocycles. The molecule has 0 bridgehead atoms. The fraction of sp³-hybridized carbons (Fsp3) is 0.818. The topological polar surface area (TPSA) is 102 Å². The van der Waals surface area contributed by atoms with Crippen LogP contribution in [0.1, 0.15) is 46.0 Å². The number of primary amides is 1. The monoisotopic (exact) mass is 280 g/mol.